The number of aliphatic carboxylic acids is 1. The summed E-state index contributed by atoms with van der Waals surface area (Å²) in [7, 11) is 4.77. The molecule has 1 aromatic rings. The van der Waals surface area contributed by atoms with E-state index in [9.17, 15) is 4.79 Å². The largest absolute Gasteiger partial charge is 0.494 e. The normalized spacial score (nSPS) is 11.1. The number of aliphatic imine (C=N–C) groups is 1. The predicted molar refractivity (Wildman–Crippen MR) is 61.4 cm³/mol. The van der Waals surface area contributed by atoms with Crippen LogP contribution in [0.15, 0.2) is 29.3 Å². The first-order chi connectivity index (χ1) is 7.56. The summed E-state index contributed by atoms with van der Waals surface area (Å²) < 4.78 is 5.09. The molecule has 0 bridgehead atoms. The third-order valence-corrected chi connectivity index (χ3v) is 1.93. The second-order valence-electron chi connectivity index (χ2n) is 3.31. The van der Waals surface area contributed by atoms with E-state index in [1.165, 1.54) is 12.0 Å². The second kappa shape index (κ2) is 5.16. The van der Waals surface area contributed by atoms with Gasteiger partial charge in [-0.1, -0.05) is 12.1 Å². The quantitative estimate of drug-likeness (QED) is 0.606. The molecule has 1 rings (SSSR count). The van der Waals surface area contributed by atoms with E-state index >= 15 is 0 Å². The van der Waals surface area contributed by atoms with Gasteiger partial charge in [-0.2, -0.15) is 0 Å². The Kier molecular flexibility index (Phi) is 3.88. The molecule has 0 saturated heterocycles. The molecule has 0 fully saturated rings. The first-order valence-electron chi connectivity index (χ1n) is 4.68. The molecule has 0 aliphatic heterocycles. The minimum absolute atomic E-state index is 0.0375. The minimum atomic E-state index is -1.07. The van der Waals surface area contributed by atoms with Gasteiger partial charge in [-0.05, 0) is 12.1 Å². The fourth-order valence-electron chi connectivity index (χ4n) is 1.18. The number of carbonyl (C=O) groups is 1. The monoisotopic (exact) mass is 222 g/mol. The van der Waals surface area contributed by atoms with E-state index in [-0.39, 0.29) is 5.84 Å². The number of benzene rings is 1. The van der Waals surface area contributed by atoms with Crippen molar-refractivity contribution in [3.8, 4) is 5.75 Å². The van der Waals surface area contributed by atoms with E-state index in [4.69, 9.17) is 9.84 Å². The molecule has 0 atom stereocenters. The molecule has 86 valence electrons. The Morgan fingerprint density at radius 2 is 2.00 bits per heavy atom. The number of likely N-dealkylation sites (N-methyl/N-ethyl adjacent to an activating group) is 1. The van der Waals surface area contributed by atoms with Gasteiger partial charge in [0.2, 0.25) is 5.84 Å². The van der Waals surface area contributed by atoms with E-state index in [1.807, 2.05) is 0 Å². The van der Waals surface area contributed by atoms with Crippen LogP contribution in [0.4, 0.5) is 5.69 Å². The van der Waals surface area contributed by atoms with Crippen molar-refractivity contribution < 1.29 is 14.6 Å². The van der Waals surface area contributed by atoms with Crippen molar-refractivity contribution in [1.29, 1.82) is 0 Å². The van der Waals surface area contributed by atoms with Crippen molar-refractivity contribution in [2.24, 2.45) is 4.99 Å². The van der Waals surface area contributed by atoms with Crippen LogP contribution in [0.1, 0.15) is 0 Å². The summed E-state index contributed by atoms with van der Waals surface area (Å²) in [5.41, 5.74) is 0.496. The lowest BCUT2D eigenvalue weighted by Crippen LogP contribution is -2.29. The number of nitrogens with zero attached hydrogens (tertiary/aromatic N) is 2. The molecule has 16 heavy (non-hydrogen) atoms. The van der Waals surface area contributed by atoms with Crippen LogP contribution in [0.3, 0.4) is 0 Å². The van der Waals surface area contributed by atoms with Gasteiger partial charge in [0, 0.05) is 14.1 Å². The topological polar surface area (TPSA) is 62.1 Å². The van der Waals surface area contributed by atoms with Crippen LogP contribution in [-0.4, -0.2) is 43.0 Å². The number of methoxy groups -OCH3 is 1. The van der Waals surface area contributed by atoms with Gasteiger partial charge in [-0.25, -0.2) is 9.79 Å². The highest BCUT2D eigenvalue weighted by atomic mass is 16.5. The maximum Gasteiger partial charge on any atom is 0.371 e. The van der Waals surface area contributed by atoms with Crippen LogP contribution < -0.4 is 4.74 Å². The molecule has 0 spiro atoms. The molecule has 0 aromatic heterocycles. The summed E-state index contributed by atoms with van der Waals surface area (Å²) in [6.45, 7) is 0. The van der Waals surface area contributed by atoms with Gasteiger partial charge in [0.25, 0.3) is 0 Å². The number of para-hydroxylation sites is 2. The van der Waals surface area contributed by atoms with Crippen molar-refractivity contribution in [1.82, 2.24) is 4.90 Å². The number of carboxylic acids is 1. The van der Waals surface area contributed by atoms with Crippen LogP contribution in [0.5, 0.6) is 5.75 Å². The smallest absolute Gasteiger partial charge is 0.371 e. The maximum absolute atomic E-state index is 10.9. The Morgan fingerprint density at radius 3 is 2.50 bits per heavy atom. The Labute approximate surface area is 94.0 Å². The minimum Gasteiger partial charge on any atom is -0.494 e. The first kappa shape index (κ1) is 12.0. The van der Waals surface area contributed by atoms with Crippen molar-refractivity contribution in [2.75, 3.05) is 21.2 Å². The molecular formula is C11H14N2O3. The van der Waals surface area contributed by atoms with E-state index in [0.29, 0.717) is 11.4 Å². The highest BCUT2D eigenvalue weighted by Crippen LogP contribution is 2.26. The highest BCUT2D eigenvalue weighted by molar-refractivity contribution is 6.34. The number of amidine groups is 1. The van der Waals surface area contributed by atoms with Gasteiger partial charge in [0.05, 0.1) is 7.11 Å². The van der Waals surface area contributed by atoms with Crippen molar-refractivity contribution >= 4 is 17.5 Å². The number of ether oxygens (including phenoxy) is 1. The first-order valence-corrected chi connectivity index (χ1v) is 4.68. The lowest BCUT2D eigenvalue weighted by Gasteiger charge is -2.12. The van der Waals surface area contributed by atoms with Crippen LogP contribution in [0, 0.1) is 0 Å². The fraction of sp³-hybridized carbons (Fsp3) is 0.273. The summed E-state index contributed by atoms with van der Waals surface area (Å²) in [6.07, 6.45) is 0. The SMILES string of the molecule is COc1ccccc1N=C(C(=O)O)N(C)C. The van der Waals surface area contributed by atoms with E-state index < -0.39 is 5.97 Å². The van der Waals surface area contributed by atoms with Crippen LogP contribution >= 0.6 is 0 Å². The van der Waals surface area contributed by atoms with Crippen molar-refractivity contribution in [3.05, 3.63) is 24.3 Å². The zero-order chi connectivity index (χ0) is 12.1. The van der Waals surface area contributed by atoms with Gasteiger partial charge in [-0.15, -0.1) is 0 Å². The van der Waals surface area contributed by atoms with E-state index in [1.54, 1.807) is 38.4 Å². The standard InChI is InChI=1S/C11H14N2O3/c1-13(2)10(11(14)15)12-8-6-4-5-7-9(8)16-3/h4-7H,1-3H3,(H,14,15). The fourth-order valence-corrected chi connectivity index (χ4v) is 1.18. The predicted octanol–water partition coefficient (Wildman–Crippen LogP) is 1.37. The molecule has 0 amide bonds. The van der Waals surface area contributed by atoms with Gasteiger partial charge < -0.3 is 14.7 Å². The molecule has 0 unspecified atom stereocenters. The van der Waals surface area contributed by atoms with Crippen LogP contribution in [0.2, 0.25) is 0 Å². The number of carboxylic acid groups (broad SMARTS) is 1. The molecule has 0 aliphatic carbocycles. The van der Waals surface area contributed by atoms with Crippen molar-refractivity contribution in [3.63, 3.8) is 0 Å². The third-order valence-electron chi connectivity index (χ3n) is 1.93. The van der Waals surface area contributed by atoms with Gasteiger partial charge in [0.15, 0.2) is 0 Å². The number of hydrogen-bond acceptors (Lipinski definition) is 3. The van der Waals surface area contributed by atoms with Crippen LogP contribution in [-0.2, 0) is 4.79 Å². The second-order valence-corrected chi connectivity index (χ2v) is 3.31. The molecule has 0 radical (unpaired) electrons. The van der Waals surface area contributed by atoms with Gasteiger partial charge in [-0.3, -0.25) is 0 Å². The molecule has 5 heteroatoms. The maximum atomic E-state index is 10.9. The van der Waals surface area contributed by atoms with Crippen molar-refractivity contribution in [2.45, 2.75) is 0 Å². The Balaban J connectivity index is 3.17. The number of rotatable bonds is 2. The molecule has 0 aliphatic rings. The number of hydrogen-bond donors (Lipinski definition) is 1. The molecule has 1 N–H and O–H groups in total. The molecule has 5 nitrogen and oxygen atoms in total. The van der Waals surface area contributed by atoms with Gasteiger partial charge >= 0.3 is 5.97 Å². The molecule has 1 aromatic carbocycles. The molecule has 0 heterocycles. The third kappa shape index (κ3) is 2.73. The summed E-state index contributed by atoms with van der Waals surface area (Å²) in [4.78, 5) is 16.4. The highest BCUT2D eigenvalue weighted by Gasteiger charge is 2.12. The summed E-state index contributed by atoms with van der Waals surface area (Å²) in [5, 5.41) is 8.96. The zero-order valence-electron chi connectivity index (χ0n) is 9.47. The van der Waals surface area contributed by atoms with E-state index in [0.717, 1.165) is 0 Å². The lowest BCUT2D eigenvalue weighted by molar-refractivity contribution is -0.130. The summed E-state index contributed by atoms with van der Waals surface area (Å²) in [6, 6.07) is 7.00. The summed E-state index contributed by atoms with van der Waals surface area (Å²) in [5.74, 6) is -0.566. The average Bonchev–Trinajstić information content (AvgIpc) is 2.25. The Bertz CT molecular complexity index is 413. The molecular weight excluding hydrogens is 208 g/mol. The lowest BCUT2D eigenvalue weighted by atomic mass is 10.3. The Morgan fingerprint density at radius 1 is 1.38 bits per heavy atom. The summed E-state index contributed by atoms with van der Waals surface area (Å²) >= 11 is 0. The average molecular weight is 222 g/mol. The molecule has 0 saturated carbocycles. The Hall–Kier alpha value is -2.04. The zero-order valence-corrected chi connectivity index (χ0v) is 9.47. The van der Waals surface area contributed by atoms with Crippen LogP contribution in [0.25, 0.3) is 0 Å². The van der Waals surface area contributed by atoms with Gasteiger partial charge in [0.1, 0.15) is 11.4 Å². The van der Waals surface area contributed by atoms with E-state index in [2.05, 4.69) is 4.99 Å².